The minimum atomic E-state index is -2.80. The van der Waals surface area contributed by atoms with E-state index in [9.17, 15) is 0 Å². The van der Waals surface area contributed by atoms with E-state index in [1.807, 2.05) is 43.2 Å². The van der Waals surface area contributed by atoms with E-state index in [-0.39, 0.29) is 0 Å². The van der Waals surface area contributed by atoms with Crippen LogP contribution in [-0.2, 0) is 64.2 Å². The summed E-state index contributed by atoms with van der Waals surface area (Å²) in [4.78, 5) is 47.2. The van der Waals surface area contributed by atoms with Crippen molar-refractivity contribution in [2.24, 2.45) is 0 Å². The Bertz CT molecular complexity index is 8500. The van der Waals surface area contributed by atoms with Crippen molar-refractivity contribution >= 4 is 188 Å². The molecular weight excluding hydrogens is 1640 g/mol. The third kappa shape index (κ3) is 10.9. The van der Waals surface area contributed by atoms with Gasteiger partial charge in [0, 0.05) is 141 Å². The molecule has 0 radical (unpaired) electrons. The molecule has 0 spiro atoms. The Balaban J connectivity index is 0.0000000819. The van der Waals surface area contributed by atoms with Gasteiger partial charge in [0.05, 0.1) is 78.3 Å². The quantitative estimate of drug-likeness (QED) is 0.119. The normalized spacial score (nSPS) is 14.0. The highest BCUT2D eigenvalue weighted by Crippen LogP contribution is 2.44. The van der Waals surface area contributed by atoms with E-state index in [1.165, 1.54) is 186 Å². The molecule has 0 N–H and O–H groups in total. The fraction of sp³-hybridized carbons (Fsp3) is 0.140. The van der Waals surface area contributed by atoms with Gasteiger partial charge in [-0.3, -0.25) is 46.3 Å². The summed E-state index contributed by atoms with van der Waals surface area (Å²) >= 11 is 0. The van der Waals surface area contributed by atoms with E-state index in [1.54, 1.807) is 0 Å². The lowest BCUT2D eigenvalue weighted by molar-refractivity contribution is 0.539. The first-order valence-corrected chi connectivity index (χ1v) is 48.0. The highest BCUT2D eigenvalue weighted by atomic mass is 28.4. The predicted molar refractivity (Wildman–Crippen MR) is 536 cm³/mol. The van der Waals surface area contributed by atoms with Crippen LogP contribution in [0.25, 0.3) is 164 Å². The largest absolute Gasteiger partial charge is 0.517 e. The number of imidazole rings is 6. The van der Waals surface area contributed by atoms with Gasteiger partial charge in [-0.2, -0.15) is 0 Å². The molecule has 26 aromatic rings. The molecule has 0 unspecified atom stereocenters. The van der Waals surface area contributed by atoms with Crippen molar-refractivity contribution in [3.63, 3.8) is 0 Å². The van der Waals surface area contributed by atoms with E-state index in [0.717, 1.165) is 154 Å². The summed E-state index contributed by atoms with van der Waals surface area (Å²) in [6.45, 7) is 12.7. The number of hydrogen-bond donors (Lipinski definition) is 0. The van der Waals surface area contributed by atoms with Gasteiger partial charge in [-0.1, -0.05) is 231 Å². The van der Waals surface area contributed by atoms with Crippen LogP contribution in [0.4, 0.5) is 0 Å². The standard InChI is InChI=1S/C28H20N2OSi.C18H14N2.4C17H13N3/c1-19-28-30-26-23(22-15-8-9-16-24(22)27(30)29-19)17-10-18-25(26)32(31-28,20-11-4-2-5-12-20)21-13-6-3-7-14-21;1-11-16-10-9-12-5-4-8-14-13-6-2-3-7-15(13)18(19-11)20(16)17(12)14;1-10-14-8-7-11-4-2-5-12-15-13(6-3-9-18-15)17(19-10)20(14)16(11)12;1-10-15-6-5-11-3-2-4-12-14-9-18-8-7-13(14)17(19-10)20(15)16(11)12;1-10-15-7-6-11-8-18-9-14-12-4-2-3-5-13(12)17(19-10)20(15)16(11)14;1-10-14-7-6-11-8-9-18-15-12-4-2-3-5-13(12)17(19-10)20(14)16(11)15/h2-18H,1H3;2-8H,9-10H2,1H3;2-6,9H,7-8H2,1H3;2-4,7-9H,5-6H2,1H3;2*2-5,8-9H,6-7H2,1H3. The maximum absolute atomic E-state index is 7.21. The molecule has 22 heterocycles. The average Bonchev–Trinajstić information content (AvgIpc) is 1.43. The summed E-state index contributed by atoms with van der Waals surface area (Å²) in [6.07, 6.45) is 22.5. The molecular formula is C114H86N16OSi. The Hall–Kier alpha value is -15.9. The van der Waals surface area contributed by atoms with Crippen LogP contribution < -0.4 is 20.0 Å². The first kappa shape index (κ1) is 76.2. The Morgan fingerprint density at radius 2 is 0.583 bits per heavy atom. The molecule has 132 heavy (non-hydrogen) atoms. The zero-order valence-electron chi connectivity index (χ0n) is 73.8. The molecule has 0 saturated carbocycles. The number of para-hydroxylation sites is 4. The lowest BCUT2D eigenvalue weighted by atomic mass is 9.97. The van der Waals surface area contributed by atoms with Crippen molar-refractivity contribution in [2.45, 2.75) is 106 Å². The van der Waals surface area contributed by atoms with Crippen molar-refractivity contribution in [2.75, 3.05) is 0 Å². The Morgan fingerprint density at radius 1 is 0.227 bits per heavy atom. The van der Waals surface area contributed by atoms with E-state index in [0.29, 0.717) is 0 Å². The second-order valence-corrected chi connectivity index (χ2v) is 39.5. The minimum Gasteiger partial charge on any atom is -0.517 e. The molecule has 10 aromatic carbocycles. The number of benzene rings is 10. The minimum absolute atomic E-state index is 0.869. The van der Waals surface area contributed by atoms with Crippen LogP contribution >= 0.6 is 0 Å². The van der Waals surface area contributed by atoms with Gasteiger partial charge >= 0.3 is 8.32 Å². The van der Waals surface area contributed by atoms with Crippen molar-refractivity contribution < 1.29 is 4.43 Å². The number of pyridine rings is 10. The van der Waals surface area contributed by atoms with Crippen LogP contribution in [0.1, 0.15) is 90.5 Å². The van der Waals surface area contributed by atoms with Crippen LogP contribution in [-0.4, -0.2) is 84.6 Å². The number of aromatic nitrogens is 16. The smallest absolute Gasteiger partial charge is 0.350 e. The molecule has 0 bridgehead atoms. The summed E-state index contributed by atoms with van der Waals surface area (Å²) < 4.78 is 21.3. The molecule has 632 valence electrons. The molecule has 16 aromatic heterocycles. The Labute approximate surface area is 757 Å². The fourth-order valence-corrected chi connectivity index (χ4v) is 27.5. The van der Waals surface area contributed by atoms with Crippen LogP contribution in [0, 0.1) is 41.5 Å². The predicted octanol–water partition coefficient (Wildman–Crippen LogP) is 22.1. The second kappa shape index (κ2) is 29.0. The Morgan fingerprint density at radius 3 is 1.11 bits per heavy atom. The molecule has 6 aliphatic rings. The molecule has 32 rings (SSSR count). The van der Waals surface area contributed by atoms with Crippen molar-refractivity contribution in [3.8, 4) is 5.88 Å². The first-order chi connectivity index (χ1) is 65.0. The summed E-state index contributed by atoms with van der Waals surface area (Å²) in [5.74, 6) is 0.869. The first-order valence-electron chi connectivity index (χ1n) is 46.1. The maximum atomic E-state index is 7.21. The molecule has 18 heteroatoms. The van der Waals surface area contributed by atoms with E-state index >= 15 is 0 Å². The van der Waals surface area contributed by atoms with Gasteiger partial charge < -0.3 is 4.43 Å². The van der Waals surface area contributed by atoms with Gasteiger partial charge in [0.1, 0.15) is 33.9 Å². The number of rotatable bonds is 2. The van der Waals surface area contributed by atoms with Gasteiger partial charge in [0.15, 0.2) is 0 Å². The van der Waals surface area contributed by atoms with Crippen LogP contribution in [0.5, 0.6) is 5.88 Å². The third-order valence-electron chi connectivity index (χ3n) is 29.2. The zero-order chi connectivity index (χ0) is 87.6. The van der Waals surface area contributed by atoms with Crippen LogP contribution in [0.15, 0.2) is 292 Å². The third-order valence-corrected chi connectivity index (χ3v) is 33.2. The van der Waals surface area contributed by atoms with Crippen molar-refractivity contribution in [1.29, 1.82) is 0 Å². The highest BCUT2D eigenvalue weighted by molar-refractivity contribution is 7.08. The SMILES string of the molecule is Cc1nc2c3ccccc3c3cccc4c3n2c1CC4.Cc1nc2c3ccccc3c3cccc4c3n2c1O[Si]4(c1ccccc1)c1ccccc1.Cc1nc2c3ccccc3c3cncc4c3n2c1CC4.Cc1nc2c3ccccc3c3nccc4c3n2c1CC4.Cc1nc2c3cccnc3c3cccc4c3n2c1CC4.Cc1nc2c3ccncc3c3cccc4c3n2c1CC4. The Kier molecular flexibility index (Phi) is 16.8. The maximum Gasteiger partial charge on any atom is 0.350 e. The van der Waals surface area contributed by atoms with Gasteiger partial charge in [0.2, 0.25) is 5.88 Å². The lowest BCUT2D eigenvalue weighted by Crippen LogP contribution is -2.73. The van der Waals surface area contributed by atoms with Crippen LogP contribution in [0.3, 0.4) is 0 Å². The molecule has 0 atom stereocenters. The van der Waals surface area contributed by atoms with E-state index < -0.39 is 8.32 Å². The van der Waals surface area contributed by atoms with Crippen LogP contribution in [0.2, 0.25) is 0 Å². The van der Waals surface area contributed by atoms with E-state index in [2.05, 4.69) is 337 Å². The number of aryl methyl sites for hydroxylation is 16. The second-order valence-electron chi connectivity index (χ2n) is 36.2. The summed E-state index contributed by atoms with van der Waals surface area (Å²) in [5.41, 5.74) is 36.8. The molecule has 17 nitrogen and oxygen atoms in total. The van der Waals surface area contributed by atoms with Gasteiger partial charge in [-0.25, -0.2) is 29.9 Å². The van der Waals surface area contributed by atoms with E-state index in [4.69, 9.17) is 34.3 Å². The zero-order valence-corrected chi connectivity index (χ0v) is 74.8. The molecule has 0 saturated heterocycles. The molecule has 0 aliphatic carbocycles. The number of fused-ring (bicyclic) bond motifs is 18. The van der Waals surface area contributed by atoms with Crippen molar-refractivity contribution in [1.82, 2.24) is 76.2 Å². The fourth-order valence-electron chi connectivity index (χ4n) is 23.4. The van der Waals surface area contributed by atoms with Crippen molar-refractivity contribution in [3.05, 3.63) is 382 Å². The monoisotopic (exact) mass is 1720 g/mol. The number of hydrogen-bond acceptors (Lipinski definition) is 11. The molecule has 0 fully saturated rings. The molecule has 6 aliphatic heterocycles. The van der Waals surface area contributed by atoms with Gasteiger partial charge in [-0.15, -0.1) is 0 Å². The topological polar surface area (TPSA) is 165 Å². The summed E-state index contributed by atoms with van der Waals surface area (Å²) in [5, 5.41) is 23.5. The highest BCUT2D eigenvalue weighted by Gasteiger charge is 2.49. The van der Waals surface area contributed by atoms with Gasteiger partial charge in [0.25, 0.3) is 0 Å². The number of nitrogens with zero attached hydrogens (tertiary/aromatic N) is 16. The molecule has 0 amide bonds. The lowest BCUT2D eigenvalue weighted by Gasteiger charge is -2.37. The summed E-state index contributed by atoms with van der Waals surface area (Å²) in [7, 11) is -2.80. The van der Waals surface area contributed by atoms with Gasteiger partial charge in [-0.05, 0) is 184 Å². The average molecular weight is 1720 g/mol. The summed E-state index contributed by atoms with van der Waals surface area (Å²) in [6, 6.07) is 90.5.